The van der Waals surface area contributed by atoms with Crippen LogP contribution in [-0.2, 0) is 0 Å². The zero-order chi connectivity index (χ0) is 15.6. The van der Waals surface area contributed by atoms with Crippen LogP contribution in [0.25, 0.3) is 0 Å². The van der Waals surface area contributed by atoms with Crippen molar-refractivity contribution in [2.24, 2.45) is 0 Å². The van der Waals surface area contributed by atoms with Crippen LogP contribution in [0.3, 0.4) is 0 Å². The van der Waals surface area contributed by atoms with E-state index in [1.165, 1.54) is 12.1 Å². The molecule has 0 aromatic heterocycles. The molecule has 0 saturated heterocycles. The largest absolute Gasteiger partial charge is 0.382 e. The zero-order valence-electron chi connectivity index (χ0n) is 10.8. The molecule has 0 saturated carbocycles. The van der Waals surface area contributed by atoms with Crippen molar-refractivity contribution in [1.82, 2.24) is 0 Å². The third-order valence-electron chi connectivity index (χ3n) is 2.77. The number of nitrogens with one attached hydrogen (secondary N) is 2. The quantitative estimate of drug-likeness (QED) is 0.445. The molecule has 21 heavy (non-hydrogen) atoms. The monoisotopic (exact) mass is 345 g/mol. The van der Waals surface area contributed by atoms with Crippen molar-refractivity contribution in [3.8, 4) is 0 Å². The van der Waals surface area contributed by atoms with Gasteiger partial charge in [-0.05, 0) is 24.3 Å². The van der Waals surface area contributed by atoms with Gasteiger partial charge < -0.3 is 10.6 Å². The van der Waals surface area contributed by atoms with Gasteiger partial charge in [-0.25, -0.2) is 0 Å². The van der Waals surface area contributed by atoms with E-state index in [4.69, 9.17) is 34.8 Å². The number of nitro groups is 1. The number of anilines is 3. The summed E-state index contributed by atoms with van der Waals surface area (Å²) in [5, 5.41) is 17.9. The number of hydrogen-bond acceptors (Lipinski definition) is 4. The summed E-state index contributed by atoms with van der Waals surface area (Å²) in [6.45, 7) is 0. The summed E-state index contributed by atoms with van der Waals surface area (Å²) >= 11 is 17.9. The summed E-state index contributed by atoms with van der Waals surface area (Å²) in [6.07, 6.45) is 0. The molecule has 0 amide bonds. The van der Waals surface area contributed by atoms with Gasteiger partial charge in [-0.1, -0.05) is 40.9 Å². The van der Waals surface area contributed by atoms with Gasteiger partial charge >= 0.3 is 5.69 Å². The minimum atomic E-state index is -0.473. The standard InChI is InChI=1S/C13H10Cl3N3O2/c1-17-10-3-2-4-11(13(10)19(20)21)18-12-6-8(15)7(14)5-9(12)16/h2-6,17-18H,1H3. The van der Waals surface area contributed by atoms with E-state index in [1.54, 1.807) is 25.2 Å². The van der Waals surface area contributed by atoms with Crippen LogP contribution in [-0.4, -0.2) is 12.0 Å². The van der Waals surface area contributed by atoms with E-state index in [0.717, 1.165) is 0 Å². The van der Waals surface area contributed by atoms with Crippen molar-refractivity contribution in [3.05, 3.63) is 55.5 Å². The average Bonchev–Trinajstić information content (AvgIpc) is 2.44. The van der Waals surface area contributed by atoms with Gasteiger partial charge in [0.05, 0.1) is 25.7 Å². The molecular weight excluding hydrogens is 337 g/mol. The molecule has 110 valence electrons. The molecule has 0 spiro atoms. The summed E-state index contributed by atoms with van der Waals surface area (Å²) in [7, 11) is 1.61. The molecule has 0 atom stereocenters. The van der Waals surface area contributed by atoms with Gasteiger partial charge in [-0.2, -0.15) is 0 Å². The summed E-state index contributed by atoms with van der Waals surface area (Å²) < 4.78 is 0. The van der Waals surface area contributed by atoms with E-state index >= 15 is 0 Å². The van der Waals surface area contributed by atoms with Crippen molar-refractivity contribution in [2.45, 2.75) is 0 Å². The van der Waals surface area contributed by atoms with E-state index < -0.39 is 4.92 Å². The summed E-state index contributed by atoms with van der Waals surface area (Å²) in [5.74, 6) is 0. The van der Waals surface area contributed by atoms with Crippen LogP contribution in [0.1, 0.15) is 0 Å². The number of nitrogens with zero attached hydrogens (tertiary/aromatic N) is 1. The molecule has 0 aliphatic heterocycles. The second kappa shape index (κ2) is 6.39. The maximum Gasteiger partial charge on any atom is 0.315 e. The molecule has 0 radical (unpaired) electrons. The van der Waals surface area contributed by atoms with Gasteiger partial charge in [0, 0.05) is 7.05 Å². The molecule has 2 N–H and O–H groups in total. The SMILES string of the molecule is CNc1cccc(Nc2cc(Cl)c(Cl)cc2Cl)c1[N+](=O)[O-]. The van der Waals surface area contributed by atoms with Crippen LogP contribution in [0.2, 0.25) is 15.1 Å². The lowest BCUT2D eigenvalue weighted by Gasteiger charge is -2.12. The minimum Gasteiger partial charge on any atom is -0.382 e. The van der Waals surface area contributed by atoms with Crippen LogP contribution in [0, 0.1) is 10.1 Å². The molecule has 2 aromatic rings. The van der Waals surface area contributed by atoms with Gasteiger partial charge in [0.15, 0.2) is 0 Å². The number of halogens is 3. The summed E-state index contributed by atoms with van der Waals surface area (Å²) in [5.41, 5.74) is 1.04. The first kappa shape index (κ1) is 15.7. The maximum atomic E-state index is 11.2. The highest BCUT2D eigenvalue weighted by Gasteiger charge is 2.20. The van der Waals surface area contributed by atoms with Gasteiger partial charge in [0.1, 0.15) is 11.4 Å². The third-order valence-corrected chi connectivity index (χ3v) is 3.80. The molecule has 5 nitrogen and oxygen atoms in total. The Morgan fingerprint density at radius 3 is 2.24 bits per heavy atom. The molecule has 0 heterocycles. The number of nitro benzene ring substituents is 1. The zero-order valence-corrected chi connectivity index (χ0v) is 13.1. The van der Waals surface area contributed by atoms with Crippen molar-refractivity contribution >= 4 is 57.6 Å². The molecule has 0 bridgehead atoms. The topological polar surface area (TPSA) is 67.2 Å². The van der Waals surface area contributed by atoms with E-state index in [0.29, 0.717) is 32.1 Å². The molecule has 0 unspecified atom stereocenters. The fourth-order valence-corrected chi connectivity index (χ4v) is 2.40. The van der Waals surface area contributed by atoms with Crippen LogP contribution in [0.5, 0.6) is 0 Å². The summed E-state index contributed by atoms with van der Waals surface area (Å²) in [4.78, 5) is 10.8. The van der Waals surface area contributed by atoms with E-state index in [-0.39, 0.29) is 5.69 Å². The predicted octanol–water partition coefficient (Wildman–Crippen LogP) is 5.34. The maximum absolute atomic E-state index is 11.2. The Hall–Kier alpha value is -1.69. The third kappa shape index (κ3) is 3.32. The number of benzene rings is 2. The van der Waals surface area contributed by atoms with Crippen LogP contribution in [0.15, 0.2) is 30.3 Å². The highest BCUT2D eigenvalue weighted by Crippen LogP contribution is 2.38. The highest BCUT2D eigenvalue weighted by molar-refractivity contribution is 6.44. The van der Waals surface area contributed by atoms with Crippen LogP contribution < -0.4 is 10.6 Å². The average molecular weight is 347 g/mol. The molecule has 0 aliphatic rings. The second-order valence-corrected chi connectivity index (χ2v) is 5.30. The van der Waals surface area contributed by atoms with Crippen molar-refractivity contribution in [2.75, 3.05) is 17.7 Å². The first-order valence-electron chi connectivity index (χ1n) is 5.80. The van der Waals surface area contributed by atoms with Gasteiger partial charge in [0.2, 0.25) is 0 Å². The van der Waals surface area contributed by atoms with Gasteiger partial charge in [-0.15, -0.1) is 0 Å². The highest BCUT2D eigenvalue weighted by atomic mass is 35.5. The first-order chi connectivity index (χ1) is 9.93. The fourth-order valence-electron chi connectivity index (χ4n) is 1.81. The second-order valence-electron chi connectivity index (χ2n) is 4.08. The van der Waals surface area contributed by atoms with Crippen molar-refractivity contribution in [3.63, 3.8) is 0 Å². The van der Waals surface area contributed by atoms with Gasteiger partial charge in [-0.3, -0.25) is 10.1 Å². The van der Waals surface area contributed by atoms with E-state index in [1.807, 2.05) is 0 Å². The van der Waals surface area contributed by atoms with E-state index in [2.05, 4.69) is 10.6 Å². The number of hydrogen-bond donors (Lipinski definition) is 2. The molecule has 2 aromatic carbocycles. The Kier molecular flexibility index (Phi) is 4.77. The minimum absolute atomic E-state index is 0.0814. The molecule has 2 rings (SSSR count). The lowest BCUT2D eigenvalue weighted by atomic mass is 10.2. The molecule has 8 heteroatoms. The Bertz CT molecular complexity index is 707. The molecular formula is C13H10Cl3N3O2. The Labute approximate surface area is 136 Å². The fraction of sp³-hybridized carbons (Fsp3) is 0.0769. The van der Waals surface area contributed by atoms with Gasteiger partial charge in [0.25, 0.3) is 0 Å². The predicted molar refractivity (Wildman–Crippen MR) is 87.4 cm³/mol. The first-order valence-corrected chi connectivity index (χ1v) is 6.94. The molecule has 0 fully saturated rings. The Balaban J connectivity index is 2.49. The normalized spacial score (nSPS) is 10.3. The smallest absolute Gasteiger partial charge is 0.315 e. The number of rotatable bonds is 4. The van der Waals surface area contributed by atoms with Crippen molar-refractivity contribution < 1.29 is 4.92 Å². The Morgan fingerprint density at radius 2 is 1.62 bits per heavy atom. The number of para-hydroxylation sites is 1. The van der Waals surface area contributed by atoms with Crippen LogP contribution in [0.4, 0.5) is 22.7 Å². The lowest BCUT2D eigenvalue weighted by Crippen LogP contribution is -2.01. The van der Waals surface area contributed by atoms with Crippen molar-refractivity contribution in [1.29, 1.82) is 0 Å². The Morgan fingerprint density at radius 1 is 1.00 bits per heavy atom. The summed E-state index contributed by atoms with van der Waals surface area (Å²) in [6, 6.07) is 7.87. The lowest BCUT2D eigenvalue weighted by molar-refractivity contribution is -0.383. The van der Waals surface area contributed by atoms with E-state index in [9.17, 15) is 10.1 Å². The van der Waals surface area contributed by atoms with Crippen LogP contribution >= 0.6 is 34.8 Å². The molecule has 0 aliphatic carbocycles.